The summed E-state index contributed by atoms with van der Waals surface area (Å²) >= 11 is 0. The maximum Gasteiger partial charge on any atom is 0.0956 e. The second-order valence-electron chi connectivity index (χ2n) is 5.38. The molecule has 1 aromatic heterocycles. The van der Waals surface area contributed by atoms with Crippen molar-refractivity contribution < 1.29 is 5.11 Å². The average Bonchev–Trinajstić information content (AvgIpc) is 3.05. The van der Waals surface area contributed by atoms with Crippen LogP contribution in [-0.4, -0.2) is 20.8 Å². The molecule has 18 heavy (non-hydrogen) atoms. The minimum atomic E-state index is -0.170. The number of benzene rings is 1. The summed E-state index contributed by atoms with van der Waals surface area (Å²) in [6.45, 7) is 0. The third-order valence-electron chi connectivity index (χ3n) is 4.46. The fourth-order valence-electron chi connectivity index (χ4n) is 3.65. The molecule has 1 aromatic carbocycles. The van der Waals surface area contributed by atoms with Gasteiger partial charge in [0.15, 0.2) is 0 Å². The molecule has 3 atom stereocenters. The molecule has 4 rings (SSSR count). The molecule has 2 aliphatic rings. The van der Waals surface area contributed by atoms with Crippen LogP contribution in [0.2, 0.25) is 0 Å². The molecule has 1 fully saturated rings. The number of hydrogen-bond donors (Lipinski definition) is 1. The van der Waals surface area contributed by atoms with Crippen LogP contribution in [0.3, 0.4) is 0 Å². The van der Waals surface area contributed by atoms with E-state index in [0.717, 1.165) is 19.3 Å². The Kier molecular flexibility index (Phi) is 2.12. The van der Waals surface area contributed by atoms with Crippen molar-refractivity contribution in [1.29, 1.82) is 0 Å². The normalized spacial score (nSPS) is 29.3. The molecule has 1 aliphatic heterocycles. The largest absolute Gasteiger partial charge is 0.393 e. The Balaban J connectivity index is 1.89. The Hall–Kier alpha value is -1.61. The van der Waals surface area contributed by atoms with Gasteiger partial charge in [-0.3, -0.25) is 0 Å². The zero-order chi connectivity index (χ0) is 12.1. The molecule has 1 saturated carbocycles. The van der Waals surface area contributed by atoms with E-state index in [4.69, 9.17) is 0 Å². The third-order valence-corrected chi connectivity index (χ3v) is 4.46. The smallest absolute Gasteiger partial charge is 0.0956 e. The maximum absolute atomic E-state index is 10.2. The molecule has 0 radical (unpaired) electrons. The van der Waals surface area contributed by atoms with Gasteiger partial charge in [0, 0.05) is 11.5 Å². The number of fused-ring (bicyclic) bond motifs is 3. The number of aliphatic hydroxyl groups is 1. The Labute approximate surface area is 106 Å². The minimum absolute atomic E-state index is 0.170. The number of aliphatic hydroxyl groups excluding tert-OH is 1. The molecule has 0 spiro atoms. The van der Waals surface area contributed by atoms with E-state index in [1.54, 1.807) is 0 Å². The van der Waals surface area contributed by atoms with Crippen molar-refractivity contribution in [3.8, 4) is 11.3 Å². The summed E-state index contributed by atoms with van der Waals surface area (Å²) in [5.74, 6) is 0.335. The molecule has 1 unspecified atom stereocenters. The molecule has 1 N–H and O–H groups in total. The van der Waals surface area contributed by atoms with Gasteiger partial charge in [-0.05, 0) is 18.4 Å². The van der Waals surface area contributed by atoms with Gasteiger partial charge in [-0.1, -0.05) is 30.7 Å². The molecule has 2 aromatic rings. The average molecular weight is 240 g/mol. The fraction of sp³-hybridized carbons (Fsp3) is 0.400. The van der Waals surface area contributed by atoms with Crippen molar-refractivity contribution in [2.24, 2.45) is 5.92 Å². The van der Waals surface area contributed by atoms with Gasteiger partial charge in [0.25, 0.3) is 0 Å². The van der Waals surface area contributed by atoms with E-state index in [2.05, 4.69) is 33.8 Å². The van der Waals surface area contributed by atoms with Crippen LogP contribution < -0.4 is 0 Å². The third kappa shape index (κ3) is 1.25. The first-order valence-electron chi connectivity index (χ1n) is 6.65. The molecule has 1 aliphatic carbocycles. The highest BCUT2D eigenvalue weighted by Crippen LogP contribution is 2.47. The van der Waals surface area contributed by atoms with Crippen molar-refractivity contribution >= 4 is 0 Å². The predicted octanol–water partition coefficient (Wildman–Crippen LogP) is 2.61. The summed E-state index contributed by atoms with van der Waals surface area (Å²) < 4.78 is 2.24. The summed E-state index contributed by atoms with van der Waals surface area (Å²) in [4.78, 5) is 4.27. The summed E-state index contributed by atoms with van der Waals surface area (Å²) in [6, 6.07) is 8.79. The molecule has 3 heteroatoms. The fourth-order valence-corrected chi connectivity index (χ4v) is 3.65. The first-order chi connectivity index (χ1) is 8.86. The highest BCUT2D eigenvalue weighted by atomic mass is 16.3. The number of rotatable bonds is 1. The summed E-state index contributed by atoms with van der Waals surface area (Å²) in [6.07, 6.45) is 6.85. The van der Waals surface area contributed by atoms with Crippen molar-refractivity contribution in [3.05, 3.63) is 42.4 Å². The number of nitrogens with zero attached hydrogens (tertiary/aromatic N) is 2. The van der Waals surface area contributed by atoms with Crippen LogP contribution in [0.5, 0.6) is 0 Å². The monoisotopic (exact) mass is 240 g/mol. The summed E-state index contributed by atoms with van der Waals surface area (Å²) in [7, 11) is 0. The Bertz CT molecular complexity index is 590. The van der Waals surface area contributed by atoms with Crippen LogP contribution in [0.4, 0.5) is 0 Å². The van der Waals surface area contributed by atoms with Crippen LogP contribution in [0.25, 0.3) is 11.3 Å². The quantitative estimate of drug-likeness (QED) is 0.832. The number of aromatic nitrogens is 2. The van der Waals surface area contributed by atoms with E-state index in [1.165, 1.54) is 16.8 Å². The predicted molar refractivity (Wildman–Crippen MR) is 69.1 cm³/mol. The van der Waals surface area contributed by atoms with Gasteiger partial charge in [0.1, 0.15) is 0 Å². The van der Waals surface area contributed by atoms with Crippen LogP contribution >= 0.6 is 0 Å². The number of imidazole rings is 1. The molecule has 0 bridgehead atoms. The Morgan fingerprint density at radius 1 is 1.22 bits per heavy atom. The van der Waals surface area contributed by atoms with E-state index in [9.17, 15) is 5.11 Å². The number of hydrogen-bond acceptors (Lipinski definition) is 2. The first kappa shape index (κ1) is 10.3. The van der Waals surface area contributed by atoms with Gasteiger partial charge in [-0.25, -0.2) is 4.98 Å². The molecule has 3 nitrogen and oxygen atoms in total. The van der Waals surface area contributed by atoms with Crippen molar-refractivity contribution in [2.45, 2.75) is 31.4 Å². The Morgan fingerprint density at radius 2 is 2.11 bits per heavy atom. The van der Waals surface area contributed by atoms with Crippen LogP contribution in [-0.2, 0) is 0 Å². The van der Waals surface area contributed by atoms with Crippen molar-refractivity contribution in [3.63, 3.8) is 0 Å². The second kappa shape index (κ2) is 3.69. The summed E-state index contributed by atoms with van der Waals surface area (Å²) in [5, 5.41) is 10.2. The highest BCUT2D eigenvalue weighted by molar-refractivity contribution is 5.69. The van der Waals surface area contributed by atoms with Crippen LogP contribution in [0.15, 0.2) is 36.8 Å². The van der Waals surface area contributed by atoms with E-state index in [0.29, 0.717) is 5.92 Å². The summed E-state index contributed by atoms with van der Waals surface area (Å²) in [5.41, 5.74) is 3.81. The molecular formula is C15H16N2O. The van der Waals surface area contributed by atoms with Gasteiger partial charge in [-0.2, -0.15) is 0 Å². The lowest BCUT2D eigenvalue weighted by atomic mass is 9.90. The van der Waals surface area contributed by atoms with Gasteiger partial charge >= 0.3 is 0 Å². The van der Waals surface area contributed by atoms with Gasteiger partial charge in [0.05, 0.1) is 30.4 Å². The zero-order valence-electron chi connectivity index (χ0n) is 10.2. The molecule has 92 valence electrons. The van der Waals surface area contributed by atoms with Crippen LogP contribution in [0, 0.1) is 5.92 Å². The van der Waals surface area contributed by atoms with E-state index in [-0.39, 0.29) is 12.1 Å². The molecular weight excluding hydrogens is 224 g/mol. The Morgan fingerprint density at radius 3 is 2.94 bits per heavy atom. The SMILES string of the molecule is O[C@@H]1CCC[C@H]1C1c2ccccc2-c2cncn21. The first-order valence-corrected chi connectivity index (χ1v) is 6.65. The van der Waals surface area contributed by atoms with Gasteiger partial charge in [-0.15, -0.1) is 0 Å². The van der Waals surface area contributed by atoms with E-state index >= 15 is 0 Å². The van der Waals surface area contributed by atoms with E-state index < -0.39 is 0 Å². The highest BCUT2D eigenvalue weighted by Gasteiger charge is 2.39. The maximum atomic E-state index is 10.2. The lowest BCUT2D eigenvalue weighted by Crippen LogP contribution is -2.24. The van der Waals surface area contributed by atoms with Gasteiger partial charge in [0.2, 0.25) is 0 Å². The second-order valence-corrected chi connectivity index (χ2v) is 5.38. The zero-order valence-corrected chi connectivity index (χ0v) is 10.2. The lowest BCUT2D eigenvalue weighted by molar-refractivity contribution is 0.112. The molecule has 0 amide bonds. The minimum Gasteiger partial charge on any atom is -0.393 e. The standard InChI is InChI=1S/C15H16N2O/c18-14-7-3-6-12(14)15-11-5-2-1-4-10(11)13-8-16-9-17(13)15/h1-2,4-5,8-9,12,14-15,18H,3,6-7H2/t12-,14-,15?/m1/s1. The van der Waals surface area contributed by atoms with E-state index in [1.807, 2.05) is 12.5 Å². The topological polar surface area (TPSA) is 38.1 Å². The van der Waals surface area contributed by atoms with Crippen LogP contribution in [0.1, 0.15) is 30.9 Å². The van der Waals surface area contributed by atoms with Crippen molar-refractivity contribution in [2.75, 3.05) is 0 Å². The molecule has 0 saturated heterocycles. The molecule has 2 heterocycles. The lowest BCUT2D eigenvalue weighted by Gasteiger charge is -2.24. The van der Waals surface area contributed by atoms with Crippen molar-refractivity contribution in [1.82, 2.24) is 9.55 Å². The van der Waals surface area contributed by atoms with Gasteiger partial charge < -0.3 is 9.67 Å².